The molecule has 1 saturated carbocycles. The minimum absolute atomic E-state index is 0.0222. The number of aliphatic hydroxyl groups is 1. The highest BCUT2D eigenvalue weighted by Crippen LogP contribution is 2.40. The second kappa shape index (κ2) is 12.3. The molecule has 0 spiro atoms. The molecule has 2 N–H and O–H groups in total. The number of carbonyl (C=O) groups excluding carboxylic acids is 1. The molecule has 1 atom stereocenters. The van der Waals surface area contributed by atoms with Gasteiger partial charge in [-0.1, -0.05) is 30.7 Å². The zero-order valence-corrected chi connectivity index (χ0v) is 23.3. The molecule has 3 aromatic rings. The minimum Gasteiger partial charge on any atom is -0.477 e. The van der Waals surface area contributed by atoms with Gasteiger partial charge in [-0.25, -0.2) is 13.4 Å². The number of fused-ring (bicyclic) bond motifs is 1. The molecule has 0 aliphatic heterocycles. The summed E-state index contributed by atoms with van der Waals surface area (Å²) in [6.45, 7) is 1.36. The molecule has 0 bridgehead atoms. The molecule has 1 fully saturated rings. The molecule has 0 unspecified atom stereocenters. The average Bonchev–Trinajstić information content (AvgIpc) is 2.93. The molecule has 0 radical (unpaired) electrons. The molecule has 0 saturated heterocycles. The number of ether oxygens (including phenoxy) is 1. The summed E-state index contributed by atoms with van der Waals surface area (Å²) >= 11 is 6.20. The van der Waals surface area contributed by atoms with E-state index in [1.165, 1.54) is 12.1 Å². The van der Waals surface area contributed by atoms with Crippen LogP contribution < -0.4 is 10.1 Å². The van der Waals surface area contributed by atoms with E-state index in [9.17, 15) is 31.5 Å². The van der Waals surface area contributed by atoms with Crippen molar-refractivity contribution in [2.75, 3.05) is 19.0 Å². The van der Waals surface area contributed by atoms with Crippen molar-refractivity contribution in [2.24, 2.45) is 11.8 Å². The fourth-order valence-corrected chi connectivity index (χ4v) is 5.93. The van der Waals surface area contributed by atoms with E-state index in [1.54, 1.807) is 43.3 Å². The van der Waals surface area contributed by atoms with Crippen LogP contribution >= 0.6 is 11.6 Å². The number of pyridine rings is 1. The third kappa shape index (κ3) is 7.05. The maximum absolute atomic E-state index is 13.0. The van der Waals surface area contributed by atoms with E-state index in [1.807, 2.05) is 0 Å². The van der Waals surface area contributed by atoms with Crippen LogP contribution in [0.15, 0.2) is 53.4 Å². The predicted molar refractivity (Wildman–Crippen MR) is 145 cm³/mol. The molecular weight excluding hydrogens is 569 g/mol. The van der Waals surface area contributed by atoms with Crippen molar-refractivity contribution in [1.82, 2.24) is 10.3 Å². The zero-order valence-electron chi connectivity index (χ0n) is 21.7. The normalized spacial score (nSPS) is 18.9. The van der Waals surface area contributed by atoms with Gasteiger partial charge in [-0.15, -0.1) is 0 Å². The Kier molecular flexibility index (Phi) is 9.26. The maximum Gasteiger partial charge on any atom is 0.391 e. The Bertz CT molecular complexity index is 1460. The van der Waals surface area contributed by atoms with Gasteiger partial charge < -0.3 is 15.2 Å². The number of aliphatic hydroxyl groups excluding tert-OH is 1. The van der Waals surface area contributed by atoms with Crippen molar-refractivity contribution >= 4 is 38.1 Å². The zero-order chi connectivity index (χ0) is 29.1. The maximum atomic E-state index is 13.0. The van der Waals surface area contributed by atoms with Gasteiger partial charge in [0.2, 0.25) is 5.88 Å². The first-order valence-corrected chi connectivity index (χ1v) is 15.0. The van der Waals surface area contributed by atoms with Crippen LogP contribution in [0.2, 0.25) is 5.15 Å². The highest BCUT2D eigenvalue weighted by molar-refractivity contribution is 7.91. The van der Waals surface area contributed by atoms with Gasteiger partial charge in [-0.05, 0) is 78.9 Å². The predicted octanol–water partition coefficient (Wildman–Crippen LogP) is 5.89. The van der Waals surface area contributed by atoms with E-state index < -0.39 is 40.5 Å². The summed E-state index contributed by atoms with van der Waals surface area (Å²) in [6.07, 6.45) is -3.18. The molecule has 40 heavy (non-hydrogen) atoms. The van der Waals surface area contributed by atoms with E-state index >= 15 is 0 Å². The third-order valence-corrected chi connectivity index (χ3v) is 9.25. The van der Waals surface area contributed by atoms with Gasteiger partial charge in [0.15, 0.2) is 9.84 Å². The number of rotatable bonds is 9. The molecular formula is C28H30ClF3N2O5S. The van der Waals surface area contributed by atoms with E-state index in [4.69, 9.17) is 16.3 Å². The van der Waals surface area contributed by atoms with Gasteiger partial charge in [0.25, 0.3) is 5.91 Å². The number of amides is 1. The van der Waals surface area contributed by atoms with Crippen molar-refractivity contribution < 1.29 is 36.2 Å². The highest BCUT2D eigenvalue weighted by Gasteiger charge is 2.41. The first kappa shape index (κ1) is 30.1. The van der Waals surface area contributed by atoms with Gasteiger partial charge in [-0.3, -0.25) is 4.79 Å². The number of nitrogens with zero attached hydrogens (tertiary/aromatic N) is 1. The number of hydrogen-bond donors (Lipinski definition) is 2. The van der Waals surface area contributed by atoms with E-state index in [0.717, 1.165) is 0 Å². The van der Waals surface area contributed by atoms with Crippen LogP contribution in [-0.4, -0.2) is 49.6 Å². The van der Waals surface area contributed by atoms with Gasteiger partial charge in [-0.2, -0.15) is 13.2 Å². The van der Waals surface area contributed by atoms with Crippen LogP contribution in [0.25, 0.3) is 10.8 Å². The fourth-order valence-electron chi connectivity index (χ4n) is 4.85. The lowest BCUT2D eigenvalue weighted by Gasteiger charge is -2.29. The van der Waals surface area contributed by atoms with Gasteiger partial charge in [0.05, 0.1) is 35.8 Å². The molecule has 12 heteroatoms. The van der Waals surface area contributed by atoms with Crippen molar-refractivity contribution in [1.29, 1.82) is 0 Å². The number of carbonyl (C=O) groups is 1. The van der Waals surface area contributed by atoms with Crippen LogP contribution in [0.5, 0.6) is 5.88 Å². The summed E-state index contributed by atoms with van der Waals surface area (Å²) in [5.74, 6) is -1.55. The molecule has 1 aliphatic carbocycles. The number of hydrogen-bond acceptors (Lipinski definition) is 6. The standard InChI is InChI=1S/C28H30ClF3N2O5S/c1-2-40(37,38)22-10-5-18(6-11-22)24(15-35)33-26(36)19-7-12-23-20(13-19)14-25(29)34-27(23)39-16-17-3-8-21(9-4-17)28(30,31)32/h5-7,10-14,17,21,24,35H,2-4,8-9,15-16H2,1H3,(H,33,36)/t17?,21?,24-/m0/s1. The minimum atomic E-state index is -4.17. The molecule has 216 valence electrons. The summed E-state index contributed by atoms with van der Waals surface area (Å²) < 4.78 is 68.9. The molecule has 4 rings (SSSR count). The van der Waals surface area contributed by atoms with Crippen molar-refractivity contribution in [3.63, 3.8) is 0 Å². The Morgan fingerprint density at radius 1 is 1.12 bits per heavy atom. The second-order valence-electron chi connectivity index (χ2n) is 9.94. The fraction of sp³-hybridized carbons (Fsp3) is 0.429. The Labute approximate surface area is 235 Å². The first-order chi connectivity index (χ1) is 18.9. The third-order valence-electron chi connectivity index (χ3n) is 7.30. The molecule has 1 aromatic heterocycles. The van der Waals surface area contributed by atoms with Gasteiger partial charge in [0, 0.05) is 10.9 Å². The second-order valence-corrected chi connectivity index (χ2v) is 12.6. The lowest BCUT2D eigenvalue weighted by atomic mass is 9.82. The molecule has 1 amide bonds. The monoisotopic (exact) mass is 598 g/mol. The van der Waals surface area contributed by atoms with Crippen LogP contribution in [0.4, 0.5) is 13.2 Å². The molecule has 1 heterocycles. The SMILES string of the molecule is CCS(=O)(=O)c1ccc([C@H](CO)NC(=O)c2ccc3c(OCC4CCC(C(F)(F)F)CC4)nc(Cl)cc3c2)cc1. The highest BCUT2D eigenvalue weighted by atomic mass is 35.5. The van der Waals surface area contributed by atoms with E-state index in [-0.39, 0.29) is 52.6 Å². The summed E-state index contributed by atoms with van der Waals surface area (Å²) in [6, 6.07) is 11.6. The average molecular weight is 599 g/mol. The summed E-state index contributed by atoms with van der Waals surface area (Å²) in [7, 11) is -3.38. The summed E-state index contributed by atoms with van der Waals surface area (Å²) in [4.78, 5) is 17.4. The van der Waals surface area contributed by atoms with Gasteiger partial charge in [0.1, 0.15) is 5.15 Å². The van der Waals surface area contributed by atoms with E-state index in [0.29, 0.717) is 29.2 Å². The topological polar surface area (TPSA) is 106 Å². The largest absolute Gasteiger partial charge is 0.477 e. The number of nitrogens with one attached hydrogen (secondary N) is 1. The Hall–Kier alpha value is -2.89. The number of aromatic nitrogens is 1. The Morgan fingerprint density at radius 2 is 1.80 bits per heavy atom. The number of halogens is 4. The van der Waals surface area contributed by atoms with Crippen LogP contribution in [0.1, 0.15) is 54.6 Å². The summed E-state index contributed by atoms with van der Waals surface area (Å²) in [5, 5.41) is 13.9. The Morgan fingerprint density at radius 3 is 2.40 bits per heavy atom. The first-order valence-electron chi connectivity index (χ1n) is 13.0. The Balaban J connectivity index is 1.45. The number of sulfone groups is 1. The van der Waals surface area contributed by atoms with Crippen molar-refractivity contribution in [2.45, 2.75) is 49.7 Å². The smallest absolute Gasteiger partial charge is 0.391 e. The molecule has 7 nitrogen and oxygen atoms in total. The van der Waals surface area contributed by atoms with Crippen LogP contribution in [-0.2, 0) is 9.84 Å². The van der Waals surface area contributed by atoms with Crippen LogP contribution in [0, 0.1) is 11.8 Å². The van der Waals surface area contributed by atoms with Crippen molar-refractivity contribution in [3.05, 3.63) is 64.8 Å². The van der Waals surface area contributed by atoms with E-state index in [2.05, 4.69) is 10.3 Å². The summed E-state index contributed by atoms with van der Waals surface area (Å²) in [5.41, 5.74) is 0.828. The molecule has 2 aromatic carbocycles. The quantitative estimate of drug-likeness (QED) is 0.298. The lowest BCUT2D eigenvalue weighted by Crippen LogP contribution is -2.30. The lowest BCUT2D eigenvalue weighted by molar-refractivity contribution is -0.184. The van der Waals surface area contributed by atoms with Crippen molar-refractivity contribution in [3.8, 4) is 5.88 Å². The molecule has 1 aliphatic rings. The van der Waals surface area contributed by atoms with Crippen LogP contribution in [0.3, 0.4) is 0 Å². The number of benzene rings is 2. The van der Waals surface area contributed by atoms with Gasteiger partial charge >= 0.3 is 6.18 Å². The number of alkyl halides is 3.